The fraction of sp³-hybridized carbons (Fsp3) is 0.136. The highest BCUT2D eigenvalue weighted by atomic mass is 35.5. The maximum Gasteiger partial charge on any atom is 0.343 e. The number of carbonyl (C=O) groups is 1. The lowest BCUT2D eigenvalue weighted by molar-refractivity contribution is 0.0303. The number of sulfonamides is 1. The number of hydrogen-bond donors (Lipinski definition) is 1. The van der Waals surface area contributed by atoms with Gasteiger partial charge in [0.05, 0.1) is 16.5 Å². The van der Waals surface area contributed by atoms with E-state index < -0.39 is 33.5 Å². The highest BCUT2D eigenvalue weighted by Gasteiger charge is 2.24. The van der Waals surface area contributed by atoms with Gasteiger partial charge in [0.1, 0.15) is 17.5 Å². The number of benzene rings is 3. The molecule has 0 aliphatic carbocycles. The number of carbonyl (C=O) groups excluding carboxylic acids is 1. The van der Waals surface area contributed by atoms with Crippen molar-refractivity contribution in [2.45, 2.75) is 17.9 Å². The minimum atomic E-state index is -3.84. The van der Waals surface area contributed by atoms with Crippen molar-refractivity contribution >= 4 is 27.6 Å². The maximum atomic E-state index is 14.1. The maximum absolute atomic E-state index is 14.1. The third kappa shape index (κ3) is 5.24. The summed E-state index contributed by atoms with van der Waals surface area (Å²) in [5, 5.41) is -0.0907. The van der Waals surface area contributed by atoms with Crippen LogP contribution < -0.4 is 4.72 Å². The van der Waals surface area contributed by atoms with Gasteiger partial charge in [0.15, 0.2) is 0 Å². The van der Waals surface area contributed by atoms with Crippen molar-refractivity contribution in [2.24, 2.45) is 0 Å². The molecule has 0 spiro atoms. The van der Waals surface area contributed by atoms with E-state index in [0.717, 1.165) is 11.6 Å². The molecule has 1 atom stereocenters. The molecule has 0 radical (unpaired) electrons. The van der Waals surface area contributed by atoms with E-state index in [1.165, 1.54) is 24.3 Å². The molecule has 0 unspecified atom stereocenters. The van der Waals surface area contributed by atoms with Gasteiger partial charge in [-0.05, 0) is 36.8 Å². The van der Waals surface area contributed by atoms with Crippen LogP contribution in [0.2, 0.25) is 5.02 Å². The molecule has 30 heavy (non-hydrogen) atoms. The lowest BCUT2D eigenvalue weighted by Gasteiger charge is -2.19. The summed E-state index contributed by atoms with van der Waals surface area (Å²) in [6, 6.07) is 18.8. The lowest BCUT2D eigenvalue weighted by atomic mass is 10.1. The Morgan fingerprint density at radius 2 is 1.70 bits per heavy atom. The third-order valence-corrected chi connectivity index (χ3v) is 6.13. The molecule has 0 aromatic heterocycles. The molecule has 1 N–H and O–H groups in total. The molecule has 8 heteroatoms. The second kappa shape index (κ2) is 9.38. The molecule has 3 aromatic carbocycles. The summed E-state index contributed by atoms with van der Waals surface area (Å²) >= 11 is 5.94. The Labute approximate surface area is 179 Å². The number of nitrogens with one attached hydrogen (secondary N) is 1. The first-order valence-corrected chi connectivity index (χ1v) is 10.9. The second-order valence-corrected chi connectivity index (χ2v) is 8.74. The summed E-state index contributed by atoms with van der Waals surface area (Å²) in [7, 11) is -3.84. The van der Waals surface area contributed by atoms with Crippen molar-refractivity contribution in [2.75, 3.05) is 6.54 Å². The fourth-order valence-electron chi connectivity index (χ4n) is 2.76. The summed E-state index contributed by atoms with van der Waals surface area (Å²) in [5.74, 6) is -1.80. The number of esters is 1. The Balaban J connectivity index is 1.83. The van der Waals surface area contributed by atoms with Crippen molar-refractivity contribution in [1.82, 2.24) is 4.72 Å². The quantitative estimate of drug-likeness (QED) is 0.534. The van der Waals surface area contributed by atoms with Crippen LogP contribution in [0.15, 0.2) is 77.7 Å². The van der Waals surface area contributed by atoms with Gasteiger partial charge in [-0.1, -0.05) is 65.7 Å². The van der Waals surface area contributed by atoms with Crippen LogP contribution in [-0.2, 0) is 14.8 Å². The van der Waals surface area contributed by atoms with Gasteiger partial charge in [-0.15, -0.1) is 0 Å². The molecular weight excluding hydrogens is 429 g/mol. The predicted octanol–water partition coefficient (Wildman–Crippen LogP) is 4.66. The van der Waals surface area contributed by atoms with Crippen molar-refractivity contribution in [1.29, 1.82) is 0 Å². The molecular formula is C22H19ClFNO4S. The summed E-state index contributed by atoms with van der Waals surface area (Å²) in [6.07, 6.45) is -0.991. The Hall–Kier alpha value is -2.74. The first kappa shape index (κ1) is 22.0. The van der Waals surface area contributed by atoms with Crippen LogP contribution in [0.5, 0.6) is 0 Å². The van der Waals surface area contributed by atoms with E-state index in [4.69, 9.17) is 16.3 Å². The Morgan fingerprint density at radius 3 is 2.33 bits per heavy atom. The SMILES string of the molecule is Cc1ccc(S(=O)(=O)NC[C@H](OC(=O)c2c(F)cccc2Cl)c2ccccc2)cc1. The molecule has 0 heterocycles. The first-order chi connectivity index (χ1) is 14.3. The van der Waals surface area contributed by atoms with Gasteiger partial charge >= 0.3 is 5.97 Å². The van der Waals surface area contributed by atoms with Gasteiger partial charge in [-0.2, -0.15) is 0 Å². The van der Waals surface area contributed by atoms with Crippen molar-refractivity contribution in [3.8, 4) is 0 Å². The van der Waals surface area contributed by atoms with Gasteiger partial charge in [-0.3, -0.25) is 0 Å². The van der Waals surface area contributed by atoms with Gasteiger partial charge < -0.3 is 4.74 Å². The van der Waals surface area contributed by atoms with Gasteiger partial charge in [0.2, 0.25) is 10.0 Å². The molecule has 0 bridgehead atoms. The average Bonchev–Trinajstić information content (AvgIpc) is 2.72. The normalized spacial score (nSPS) is 12.4. The summed E-state index contributed by atoms with van der Waals surface area (Å²) in [4.78, 5) is 12.7. The van der Waals surface area contributed by atoms with E-state index in [1.54, 1.807) is 42.5 Å². The summed E-state index contributed by atoms with van der Waals surface area (Å²) < 4.78 is 47.2. The molecule has 0 amide bonds. The van der Waals surface area contributed by atoms with Gasteiger partial charge in [0.25, 0.3) is 0 Å². The zero-order valence-electron chi connectivity index (χ0n) is 16.0. The van der Waals surface area contributed by atoms with Gasteiger partial charge in [-0.25, -0.2) is 22.3 Å². The second-order valence-electron chi connectivity index (χ2n) is 6.57. The van der Waals surface area contributed by atoms with Crippen molar-refractivity contribution in [3.63, 3.8) is 0 Å². The minimum Gasteiger partial charge on any atom is -0.452 e. The van der Waals surface area contributed by atoms with Crippen molar-refractivity contribution in [3.05, 3.63) is 100 Å². The van der Waals surface area contributed by atoms with Crippen LogP contribution in [0.3, 0.4) is 0 Å². The first-order valence-electron chi connectivity index (χ1n) is 9.04. The zero-order valence-corrected chi connectivity index (χ0v) is 17.6. The molecule has 156 valence electrons. The monoisotopic (exact) mass is 447 g/mol. The summed E-state index contributed by atoms with van der Waals surface area (Å²) in [5.41, 5.74) is 1.07. The zero-order chi connectivity index (χ0) is 21.7. The Morgan fingerprint density at radius 1 is 1.03 bits per heavy atom. The van der Waals surface area contributed by atoms with Crippen molar-refractivity contribution < 1.29 is 22.3 Å². The van der Waals surface area contributed by atoms with E-state index in [2.05, 4.69) is 4.72 Å². The lowest BCUT2D eigenvalue weighted by Crippen LogP contribution is -2.30. The van der Waals surface area contributed by atoms with Crippen LogP contribution in [-0.4, -0.2) is 20.9 Å². The van der Waals surface area contributed by atoms with Gasteiger partial charge in [0, 0.05) is 0 Å². The number of halogens is 2. The van der Waals surface area contributed by atoms with Crippen LogP contribution in [0, 0.1) is 12.7 Å². The number of hydrogen-bond acceptors (Lipinski definition) is 4. The molecule has 5 nitrogen and oxygen atoms in total. The van der Waals surface area contributed by atoms with E-state index in [9.17, 15) is 17.6 Å². The molecule has 0 saturated carbocycles. The summed E-state index contributed by atoms with van der Waals surface area (Å²) in [6.45, 7) is 1.61. The third-order valence-electron chi connectivity index (χ3n) is 4.38. The molecule has 0 saturated heterocycles. The van der Waals surface area contributed by atoms with E-state index in [-0.39, 0.29) is 16.5 Å². The number of rotatable bonds is 7. The molecule has 0 aliphatic rings. The number of ether oxygens (including phenoxy) is 1. The molecule has 0 aliphatic heterocycles. The van der Waals surface area contributed by atoms with E-state index >= 15 is 0 Å². The van der Waals surface area contributed by atoms with Crippen LogP contribution in [0.25, 0.3) is 0 Å². The van der Waals surface area contributed by atoms with E-state index in [1.807, 2.05) is 6.92 Å². The largest absolute Gasteiger partial charge is 0.452 e. The topological polar surface area (TPSA) is 72.5 Å². The highest BCUT2D eigenvalue weighted by molar-refractivity contribution is 7.89. The predicted molar refractivity (Wildman–Crippen MR) is 112 cm³/mol. The highest BCUT2D eigenvalue weighted by Crippen LogP contribution is 2.24. The molecule has 3 rings (SSSR count). The number of aryl methyl sites for hydroxylation is 1. The fourth-order valence-corrected chi connectivity index (χ4v) is 4.03. The Kier molecular flexibility index (Phi) is 6.87. The van der Waals surface area contributed by atoms with E-state index in [0.29, 0.717) is 5.56 Å². The van der Waals surface area contributed by atoms with Crippen LogP contribution in [0.4, 0.5) is 4.39 Å². The Bertz CT molecular complexity index is 1120. The smallest absolute Gasteiger partial charge is 0.343 e. The van der Waals surface area contributed by atoms with Crippen LogP contribution in [0.1, 0.15) is 27.6 Å². The molecule has 3 aromatic rings. The average molecular weight is 448 g/mol. The minimum absolute atomic E-state index is 0.0865. The molecule has 0 fully saturated rings. The van der Waals surface area contributed by atoms with Crippen LogP contribution >= 0.6 is 11.6 Å². The standard InChI is InChI=1S/C22H19ClFNO4S/c1-15-10-12-17(13-11-15)30(27,28)25-14-20(16-6-3-2-4-7-16)29-22(26)21-18(23)8-5-9-19(21)24/h2-13,20,25H,14H2,1H3/t20-/m0/s1.